The van der Waals surface area contributed by atoms with Crippen molar-refractivity contribution in [1.82, 2.24) is 0 Å². The summed E-state index contributed by atoms with van der Waals surface area (Å²) >= 11 is 0. The summed E-state index contributed by atoms with van der Waals surface area (Å²) in [5.41, 5.74) is 5.94. The van der Waals surface area contributed by atoms with Crippen LogP contribution < -0.4 is 5.73 Å². The van der Waals surface area contributed by atoms with E-state index < -0.39 is 0 Å². The Labute approximate surface area is 74.2 Å². The van der Waals surface area contributed by atoms with Crippen LogP contribution in [0.5, 0.6) is 0 Å². The van der Waals surface area contributed by atoms with Crippen LogP contribution in [0.25, 0.3) is 0 Å². The zero-order valence-electron chi connectivity index (χ0n) is 8.01. The molecule has 0 aromatic heterocycles. The van der Waals surface area contributed by atoms with Crippen LogP contribution in [0.3, 0.4) is 0 Å². The summed E-state index contributed by atoms with van der Waals surface area (Å²) in [7, 11) is 1.73. The Bertz CT molecular complexity index is 132. The van der Waals surface area contributed by atoms with Gasteiger partial charge in [0.15, 0.2) is 0 Å². The molecule has 0 aromatic carbocycles. The maximum Gasteiger partial charge on any atom is 0.0538 e. The summed E-state index contributed by atoms with van der Waals surface area (Å²) in [5, 5.41) is 0. The summed E-state index contributed by atoms with van der Waals surface area (Å²) in [4.78, 5) is 0. The molecule has 3 nitrogen and oxygen atoms in total. The third-order valence-electron chi connectivity index (χ3n) is 3.00. The molecule has 3 heteroatoms. The van der Waals surface area contributed by atoms with E-state index in [0.29, 0.717) is 12.5 Å². The van der Waals surface area contributed by atoms with Gasteiger partial charge < -0.3 is 15.2 Å². The largest absolute Gasteiger partial charge is 0.384 e. The SMILES string of the molecule is COCC(C)C1(CN)CCOC1. The molecule has 1 aliphatic heterocycles. The first-order valence-corrected chi connectivity index (χ1v) is 4.52. The summed E-state index contributed by atoms with van der Waals surface area (Å²) < 4.78 is 10.5. The predicted molar refractivity (Wildman–Crippen MR) is 48.0 cm³/mol. The van der Waals surface area contributed by atoms with Gasteiger partial charge in [-0.1, -0.05) is 6.92 Å². The Morgan fingerprint density at radius 2 is 2.42 bits per heavy atom. The van der Waals surface area contributed by atoms with Gasteiger partial charge in [-0.2, -0.15) is 0 Å². The zero-order valence-corrected chi connectivity index (χ0v) is 8.01. The van der Waals surface area contributed by atoms with Crippen molar-refractivity contribution in [1.29, 1.82) is 0 Å². The molecule has 1 fully saturated rings. The fourth-order valence-corrected chi connectivity index (χ4v) is 1.80. The highest BCUT2D eigenvalue weighted by atomic mass is 16.5. The molecule has 0 aliphatic carbocycles. The quantitative estimate of drug-likeness (QED) is 0.678. The molecule has 2 unspecified atom stereocenters. The Morgan fingerprint density at radius 1 is 1.67 bits per heavy atom. The van der Waals surface area contributed by atoms with Gasteiger partial charge >= 0.3 is 0 Å². The van der Waals surface area contributed by atoms with Gasteiger partial charge in [-0.3, -0.25) is 0 Å². The first kappa shape index (κ1) is 9.96. The van der Waals surface area contributed by atoms with Crippen LogP contribution in [0, 0.1) is 11.3 Å². The van der Waals surface area contributed by atoms with Crippen molar-refractivity contribution in [2.75, 3.05) is 33.5 Å². The van der Waals surface area contributed by atoms with E-state index in [4.69, 9.17) is 15.2 Å². The normalized spacial score (nSPS) is 32.2. The number of methoxy groups -OCH3 is 1. The van der Waals surface area contributed by atoms with Crippen LogP contribution in [0.4, 0.5) is 0 Å². The average Bonchev–Trinajstić information content (AvgIpc) is 2.54. The van der Waals surface area contributed by atoms with Crippen molar-refractivity contribution in [3.8, 4) is 0 Å². The molecule has 1 rings (SSSR count). The second-order valence-corrected chi connectivity index (χ2v) is 3.73. The molecule has 2 atom stereocenters. The van der Waals surface area contributed by atoms with Crippen LogP contribution in [-0.2, 0) is 9.47 Å². The van der Waals surface area contributed by atoms with E-state index in [2.05, 4.69) is 6.92 Å². The van der Waals surface area contributed by atoms with Gasteiger partial charge in [0.25, 0.3) is 0 Å². The molecule has 1 aliphatic rings. The van der Waals surface area contributed by atoms with E-state index in [1.165, 1.54) is 0 Å². The Balaban J connectivity index is 2.52. The van der Waals surface area contributed by atoms with Crippen LogP contribution >= 0.6 is 0 Å². The lowest BCUT2D eigenvalue weighted by Gasteiger charge is -2.32. The Morgan fingerprint density at radius 3 is 2.83 bits per heavy atom. The number of rotatable bonds is 4. The van der Waals surface area contributed by atoms with Crippen molar-refractivity contribution in [2.24, 2.45) is 17.1 Å². The second kappa shape index (κ2) is 4.21. The van der Waals surface area contributed by atoms with Crippen molar-refractivity contribution in [3.05, 3.63) is 0 Å². The molecule has 0 aromatic rings. The van der Waals surface area contributed by atoms with Crippen LogP contribution in [-0.4, -0.2) is 33.5 Å². The molecule has 2 N–H and O–H groups in total. The maximum atomic E-state index is 5.76. The number of hydrogen-bond donors (Lipinski definition) is 1. The summed E-state index contributed by atoms with van der Waals surface area (Å²) in [6.45, 7) is 5.32. The third-order valence-corrected chi connectivity index (χ3v) is 3.00. The monoisotopic (exact) mass is 173 g/mol. The van der Waals surface area contributed by atoms with Crippen LogP contribution in [0.15, 0.2) is 0 Å². The van der Waals surface area contributed by atoms with Crippen molar-refractivity contribution in [3.63, 3.8) is 0 Å². The summed E-state index contributed by atoms with van der Waals surface area (Å²) in [5.74, 6) is 0.495. The van der Waals surface area contributed by atoms with Crippen LogP contribution in [0.1, 0.15) is 13.3 Å². The fourth-order valence-electron chi connectivity index (χ4n) is 1.80. The minimum atomic E-state index is 0.177. The molecule has 0 amide bonds. The number of nitrogens with two attached hydrogens (primary N) is 1. The first-order chi connectivity index (χ1) is 5.75. The Kier molecular flexibility index (Phi) is 3.50. The van der Waals surface area contributed by atoms with Gasteiger partial charge in [0.2, 0.25) is 0 Å². The molecule has 0 saturated carbocycles. The average molecular weight is 173 g/mol. The van der Waals surface area contributed by atoms with Gasteiger partial charge in [0.05, 0.1) is 6.61 Å². The standard InChI is InChI=1S/C9H19NO2/c1-8(5-11-2)9(6-10)3-4-12-7-9/h8H,3-7,10H2,1-2H3. The van der Waals surface area contributed by atoms with E-state index in [0.717, 1.165) is 26.2 Å². The maximum absolute atomic E-state index is 5.76. The number of hydrogen-bond acceptors (Lipinski definition) is 3. The molecule has 12 heavy (non-hydrogen) atoms. The predicted octanol–water partition coefficient (Wildman–Crippen LogP) is 0.634. The van der Waals surface area contributed by atoms with E-state index in [1.54, 1.807) is 7.11 Å². The molecule has 0 spiro atoms. The van der Waals surface area contributed by atoms with Gasteiger partial charge in [-0.05, 0) is 12.3 Å². The molecular formula is C9H19NO2. The van der Waals surface area contributed by atoms with Gasteiger partial charge in [-0.25, -0.2) is 0 Å². The van der Waals surface area contributed by atoms with Crippen molar-refractivity contribution < 1.29 is 9.47 Å². The van der Waals surface area contributed by atoms with E-state index >= 15 is 0 Å². The number of ether oxygens (including phenoxy) is 2. The minimum absolute atomic E-state index is 0.177. The highest BCUT2D eigenvalue weighted by Crippen LogP contribution is 2.35. The molecule has 0 bridgehead atoms. The summed E-state index contributed by atoms with van der Waals surface area (Å²) in [6.07, 6.45) is 1.08. The van der Waals surface area contributed by atoms with E-state index in [1.807, 2.05) is 0 Å². The van der Waals surface area contributed by atoms with Gasteiger partial charge in [0, 0.05) is 32.3 Å². The topological polar surface area (TPSA) is 44.5 Å². The molecule has 72 valence electrons. The van der Waals surface area contributed by atoms with E-state index in [9.17, 15) is 0 Å². The van der Waals surface area contributed by atoms with Gasteiger partial charge in [-0.15, -0.1) is 0 Å². The smallest absolute Gasteiger partial charge is 0.0538 e. The molecule has 1 saturated heterocycles. The molecular weight excluding hydrogens is 154 g/mol. The molecule has 1 heterocycles. The zero-order chi connectivity index (χ0) is 9.03. The van der Waals surface area contributed by atoms with Gasteiger partial charge in [0.1, 0.15) is 0 Å². The Hall–Kier alpha value is -0.120. The lowest BCUT2D eigenvalue weighted by atomic mass is 9.76. The van der Waals surface area contributed by atoms with Crippen molar-refractivity contribution in [2.45, 2.75) is 13.3 Å². The fraction of sp³-hybridized carbons (Fsp3) is 1.00. The van der Waals surface area contributed by atoms with Crippen LogP contribution in [0.2, 0.25) is 0 Å². The first-order valence-electron chi connectivity index (χ1n) is 4.52. The molecule has 0 radical (unpaired) electrons. The second-order valence-electron chi connectivity index (χ2n) is 3.73. The lowest BCUT2D eigenvalue weighted by molar-refractivity contribution is 0.0602. The summed E-state index contributed by atoms with van der Waals surface area (Å²) in [6, 6.07) is 0. The minimum Gasteiger partial charge on any atom is -0.384 e. The highest BCUT2D eigenvalue weighted by Gasteiger charge is 2.38. The highest BCUT2D eigenvalue weighted by molar-refractivity contribution is 4.88. The van der Waals surface area contributed by atoms with Crippen molar-refractivity contribution >= 4 is 0 Å². The lowest BCUT2D eigenvalue weighted by Crippen LogP contribution is -2.39. The van der Waals surface area contributed by atoms with E-state index in [-0.39, 0.29) is 5.41 Å². The third kappa shape index (κ3) is 1.79.